The van der Waals surface area contributed by atoms with Crippen LogP contribution in [-0.4, -0.2) is 31.2 Å². The highest BCUT2D eigenvalue weighted by atomic mass is 16.5. The number of hydrogen-bond acceptors (Lipinski definition) is 3. The molecular weight excluding hydrogens is 216 g/mol. The zero-order chi connectivity index (χ0) is 12.9. The normalized spacial score (nSPS) is 26.5. The minimum Gasteiger partial charge on any atom is -0.378 e. The van der Waals surface area contributed by atoms with Gasteiger partial charge in [0.1, 0.15) is 0 Å². The molecule has 0 spiro atoms. The Bertz CT molecular complexity index is 254. The predicted octanol–water partition coefficient (Wildman–Crippen LogP) is 1.44. The average Bonchev–Trinajstić information content (AvgIpc) is 2.25. The third-order valence-corrected chi connectivity index (χ3v) is 3.79. The molecule has 0 heterocycles. The molecule has 1 fully saturated rings. The number of primary amides is 1. The summed E-state index contributed by atoms with van der Waals surface area (Å²) in [5, 5.41) is 3.54. The van der Waals surface area contributed by atoms with E-state index in [1.165, 1.54) is 0 Å². The lowest BCUT2D eigenvalue weighted by atomic mass is 9.64. The van der Waals surface area contributed by atoms with Crippen LogP contribution in [0.5, 0.6) is 0 Å². The average molecular weight is 242 g/mol. The summed E-state index contributed by atoms with van der Waals surface area (Å²) in [4.78, 5) is 10.6. The molecule has 4 heteroatoms. The third kappa shape index (κ3) is 3.96. The van der Waals surface area contributed by atoms with Gasteiger partial charge >= 0.3 is 0 Å². The van der Waals surface area contributed by atoms with Gasteiger partial charge in [-0.3, -0.25) is 4.79 Å². The molecule has 0 aromatic heterocycles. The zero-order valence-electron chi connectivity index (χ0n) is 11.3. The van der Waals surface area contributed by atoms with Gasteiger partial charge in [0.25, 0.3) is 0 Å². The van der Waals surface area contributed by atoms with Crippen molar-refractivity contribution in [2.24, 2.45) is 11.1 Å². The number of nitrogens with two attached hydrogens (primary N) is 1. The second kappa shape index (κ2) is 6.36. The van der Waals surface area contributed by atoms with Crippen molar-refractivity contribution in [3.8, 4) is 0 Å². The van der Waals surface area contributed by atoms with Crippen molar-refractivity contribution in [1.82, 2.24) is 5.32 Å². The first kappa shape index (κ1) is 14.5. The summed E-state index contributed by atoms with van der Waals surface area (Å²) in [6.45, 7) is 8.29. The SMILES string of the molecule is CCOC1CC(NCCCCC(N)=O)C1(C)C. The minimum absolute atomic E-state index is 0.203. The van der Waals surface area contributed by atoms with Crippen LogP contribution < -0.4 is 11.1 Å². The highest BCUT2D eigenvalue weighted by Crippen LogP contribution is 2.42. The van der Waals surface area contributed by atoms with E-state index in [4.69, 9.17) is 10.5 Å². The maximum atomic E-state index is 10.6. The molecule has 2 atom stereocenters. The Morgan fingerprint density at radius 1 is 1.47 bits per heavy atom. The molecule has 1 aliphatic carbocycles. The molecule has 1 saturated carbocycles. The van der Waals surface area contributed by atoms with Gasteiger partial charge in [0, 0.05) is 24.5 Å². The van der Waals surface area contributed by atoms with Crippen molar-refractivity contribution in [3.05, 3.63) is 0 Å². The van der Waals surface area contributed by atoms with Gasteiger partial charge in [-0.15, -0.1) is 0 Å². The highest BCUT2D eigenvalue weighted by Gasteiger charge is 2.48. The van der Waals surface area contributed by atoms with Crippen molar-refractivity contribution >= 4 is 5.91 Å². The first-order chi connectivity index (χ1) is 7.98. The summed E-state index contributed by atoms with van der Waals surface area (Å²) in [6, 6.07) is 0.535. The lowest BCUT2D eigenvalue weighted by molar-refractivity contribution is -0.118. The fourth-order valence-electron chi connectivity index (χ4n) is 2.42. The molecule has 0 aliphatic heterocycles. The number of rotatable bonds is 8. The molecule has 3 N–H and O–H groups in total. The predicted molar refractivity (Wildman–Crippen MR) is 68.6 cm³/mol. The van der Waals surface area contributed by atoms with E-state index in [1.54, 1.807) is 0 Å². The van der Waals surface area contributed by atoms with Gasteiger partial charge in [-0.05, 0) is 32.7 Å². The summed E-state index contributed by atoms with van der Waals surface area (Å²) in [7, 11) is 0. The first-order valence-electron chi connectivity index (χ1n) is 6.61. The van der Waals surface area contributed by atoms with E-state index >= 15 is 0 Å². The lowest BCUT2D eigenvalue weighted by Gasteiger charge is -2.52. The number of nitrogens with one attached hydrogen (secondary N) is 1. The molecular formula is C13H26N2O2. The summed E-state index contributed by atoms with van der Waals surface area (Å²) in [6.07, 6.45) is 3.86. The van der Waals surface area contributed by atoms with E-state index in [0.29, 0.717) is 18.6 Å². The number of ether oxygens (including phenoxy) is 1. The summed E-state index contributed by atoms with van der Waals surface area (Å²) in [5.41, 5.74) is 5.31. The summed E-state index contributed by atoms with van der Waals surface area (Å²) >= 11 is 0. The van der Waals surface area contributed by atoms with Crippen LogP contribution in [0.25, 0.3) is 0 Å². The topological polar surface area (TPSA) is 64.3 Å². The Morgan fingerprint density at radius 2 is 2.18 bits per heavy atom. The van der Waals surface area contributed by atoms with Gasteiger partial charge in [-0.2, -0.15) is 0 Å². The third-order valence-electron chi connectivity index (χ3n) is 3.79. The van der Waals surface area contributed by atoms with Gasteiger partial charge in [-0.25, -0.2) is 0 Å². The van der Waals surface area contributed by atoms with Gasteiger partial charge in [0.2, 0.25) is 5.91 Å². The molecule has 1 aliphatic rings. The van der Waals surface area contributed by atoms with Crippen molar-refractivity contribution in [3.63, 3.8) is 0 Å². The minimum atomic E-state index is -0.203. The Hall–Kier alpha value is -0.610. The fraction of sp³-hybridized carbons (Fsp3) is 0.923. The second-order valence-corrected chi connectivity index (χ2v) is 5.43. The number of carbonyl (C=O) groups is 1. The van der Waals surface area contributed by atoms with Crippen LogP contribution in [0.3, 0.4) is 0 Å². The first-order valence-corrected chi connectivity index (χ1v) is 6.61. The van der Waals surface area contributed by atoms with Gasteiger partial charge in [0.15, 0.2) is 0 Å². The Labute approximate surface area is 104 Å². The number of amides is 1. The van der Waals surface area contributed by atoms with E-state index in [-0.39, 0.29) is 11.3 Å². The van der Waals surface area contributed by atoms with Crippen LogP contribution in [0.15, 0.2) is 0 Å². The molecule has 0 saturated heterocycles. The summed E-state index contributed by atoms with van der Waals surface area (Å²) in [5.74, 6) is -0.203. The largest absolute Gasteiger partial charge is 0.378 e. The van der Waals surface area contributed by atoms with Crippen LogP contribution in [-0.2, 0) is 9.53 Å². The number of unbranched alkanes of at least 4 members (excludes halogenated alkanes) is 1. The van der Waals surface area contributed by atoms with Crippen molar-refractivity contribution < 1.29 is 9.53 Å². The molecule has 0 bridgehead atoms. The molecule has 0 radical (unpaired) electrons. The Kier molecular flexibility index (Phi) is 5.40. The molecule has 1 rings (SSSR count). The molecule has 0 aromatic carbocycles. The molecule has 100 valence electrons. The molecule has 4 nitrogen and oxygen atoms in total. The van der Waals surface area contributed by atoms with Crippen molar-refractivity contribution in [1.29, 1.82) is 0 Å². The van der Waals surface area contributed by atoms with E-state index in [2.05, 4.69) is 19.2 Å². The summed E-state index contributed by atoms with van der Waals surface area (Å²) < 4.78 is 5.68. The standard InChI is InChI=1S/C13H26N2O2/c1-4-17-11-9-10(13(11,2)3)15-8-6-5-7-12(14)16/h10-11,15H,4-9H2,1-3H3,(H2,14,16). The smallest absolute Gasteiger partial charge is 0.217 e. The van der Waals surface area contributed by atoms with E-state index in [1.807, 2.05) is 6.92 Å². The van der Waals surface area contributed by atoms with Crippen molar-refractivity contribution in [2.75, 3.05) is 13.2 Å². The maximum Gasteiger partial charge on any atom is 0.217 e. The van der Waals surface area contributed by atoms with Crippen LogP contribution in [0.4, 0.5) is 0 Å². The van der Waals surface area contributed by atoms with Crippen LogP contribution in [0.2, 0.25) is 0 Å². The van der Waals surface area contributed by atoms with Gasteiger partial charge in [0.05, 0.1) is 6.10 Å². The van der Waals surface area contributed by atoms with Crippen molar-refractivity contribution in [2.45, 2.75) is 58.6 Å². The molecule has 0 aromatic rings. The van der Waals surface area contributed by atoms with Gasteiger partial charge < -0.3 is 15.8 Å². The molecule has 1 amide bonds. The maximum absolute atomic E-state index is 10.6. The van der Waals surface area contributed by atoms with E-state index in [0.717, 1.165) is 32.4 Å². The van der Waals surface area contributed by atoms with E-state index in [9.17, 15) is 4.79 Å². The van der Waals surface area contributed by atoms with Gasteiger partial charge in [-0.1, -0.05) is 13.8 Å². The lowest BCUT2D eigenvalue weighted by Crippen LogP contribution is -2.61. The second-order valence-electron chi connectivity index (χ2n) is 5.43. The number of carbonyl (C=O) groups excluding carboxylic acids is 1. The van der Waals surface area contributed by atoms with E-state index < -0.39 is 0 Å². The molecule has 17 heavy (non-hydrogen) atoms. The number of hydrogen-bond donors (Lipinski definition) is 2. The van der Waals surface area contributed by atoms with Crippen LogP contribution in [0, 0.1) is 5.41 Å². The highest BCUT2D eigenvalue weighted by molar-refractivity contribution is 5.73. The Morgan fingerprint density at radius 3 is 2.71 bits per heavy atom. The fourth-order valence-corrected chi connectivity index (χ4v) is 2.42. The van der Waals surface area contributed by atoms with Crippen LogP contribution >= 0.6 is 0 Å². The quantitative estimate of drug-likeness (QED) is 0.633. The molecule has 2 unspecified atom stereocenters. The monoisotopic (exact) mass is 242 g/mol. The zero-order valence-corrected chi connectivity index (χ0v) is 11.3. The Balaban J connectivity index is 2.11. The van der Waals surface area contributed by atoms with Crippen LogP contribution in [0.1, 0.15) is 46.5 Å².